The average molecular weight is 420 g/mol. The summed E-state index contributed by atoms with van der Waals surface area (Å²) in [5.74, 6) is -0.389. The second-order valence-electron chi connectivity index (χ2n) is 7.36. The number of benzene rings is 1. The lowest BCUT2D eigenvalue weighted by Crippen LogP contribution is -2.40. The van der Waals surface area contributed by atoms with Crippen LogP contribution >= 0.6 is 22.9 Å². The number of carbonyl (C=O) groups excluding carboxylic acids is 1. The number of thiophene rings is 1. The summed E-state index contributed by atoms with van der Waals surface area (Å²) in [5, 5.41) is 9.78. The Labute approximate surface area is 175 Å². The van der Waals surface area contributed by atoms with Crippen molar-refractivity contribution in [1.82, 2.24) is 4.90 Å². The van der Waals surface area contributed by atoms with E-state index in [-0.39, 0.29) is 11.8 Å². The van der Waals surface area contributed by atoms with Gasteiger partial charge in [0.2, 0.25) is 5.91 Å². The predicted octanol–water partition coefficient (Wildman–Crippen LogP) is 5.29. The molecule has 1 saturated carbocycles. The number of amides is 1. The molecule has 0 spiro atoms. The lowest BCUT2D eigenvalue weighted by molar-refractivity contribution is -0.138. The maximum atomic E-state index is 12.8. The normalized spacial score (nSPS) is 13.9. The molecule has 1 fully saturated rings. The van der Waals surface area contributed by atoms with Crippen molar-refractivity contribution in [3.8, 4) is 0 Å². The number of aromatic carboxylic acids is 1. The van der Waals surface area contributed by atoms with Crippen LogP contribution in [0.2, 0.25) is 5.02 Å². The molecular weight excluding hydrogens is 394 g/mol. The van der Waals surface area contributed by atoms with Crippen molar-refractivity contribution in [1.29, 1.82) is 0 Å². The molecular formula is C22H26ClNO3S. The fraction of sp³-hybridized carbons (Fsp3) is 0.455. The zero-order valence-corrected chi connectivity index (χ0v) is 17.5. The van der Waals surface area contributed by atoms with Crippen LogP contribution in [0.15, 0.2) is 36.4 Å². The minimum Gasteiger partial charge on any atom is -0.477 e. The summed E-state index contributed by atoms with van der Waals surface area (Å²) in [5.41, 5.74) is 1.20. The fourth-order valence-electron chi connectivity index (χ4n) is 3.48. The Balaban J connectivity index is 1.50. The molecule has 1 aliphatic rings. The van der Waals surface area contributed by atoms with E-state index in [0.29, 0.717) is 4.88 Å². The molecule has 0 aliphatic heterocycles. The number of carboxylic acids is 1. The highest BCUT2D eigenvalue weighted by atomic mass is 35.5. The summed E-state index contributed by atoms with van der Waals surface area (Å²) >= 11 is 7.38. The van der Waals surface area contributed by atoms with Crippen molar-refractivity contribution in [3.63, 3.8) is 0 Å². The molecule has 2 aromatic rings. The topological polar surface area (TPSA) is 57.6 Å². The number of nitrogens with zero attached hydrogens (tertiary/aromatic N) is 1. The van der Waals surface area contributed by atoms with E-state index in [0.717, 1.165) is 67.9 Å². The van der Waals surface area contributed by atoms with Gasteiger partial charge in [0.15, 0.2) is 0 Å². The van der Waals surface area contributed by atoms with E-state index >= 15 is 0 Å². The van der Waals surface area contributed by atoms with Crippen LogP contribution in [0.5, 0.6) is 0 Å². The lowest BCUT2D eigenvalue weighted by Gasteiger charge is -2.32. The average Bonchev–Trinajstić information content (AvgIpc) is 3.08. The fourth-order valence-corrected chi connectivity index (χ4v) is 4.58. The van der Waals surface area contributed by atoms with Crippen molar-refractivity contribution < 1.29 is 14.7 Å². The quantitative estimate of drug-likeness (QED) is 0.568. The van der Waals surface area contributed by atoms with Crippen molar-refractivity contribution in [2.45, 2.75) is 44.9 Å². The number of hydrogen-bond acceptors (Lipinski definition) is 3. The molecule has 0 radical (unpaired) electrons. The van der Waals surface area contributed by atoms with Crippen LogP contribution in [-0.2, 0) is 17.6 Å². The van der Waals surface area contributed by atoms with Gasteiger partial charge in [-0.1, -0.05) is 30.2 Å². The number of aryl methyl sites for hydroxylation is 2. The maximum Gasteiger partial charge on any atom is 0.345 e. The van der Waals surface area contributed by atoms with Gasteiger partial charge in [0.25, 0.3) is 0 Å². The summed E-state index contributed by atoms with van der Waals surface area (Å²) < 4.78 is 0. The number of rotatable bonds is 10. The first-order valence-electron chi connectivity index (χ1n) is 9.88. The Morgan fingerprint density at radius 2 is 1.86 bits per heavy atom. The number of hydrogen-bond donors (Lipinski definition) is 1. The van der Waals surface area contributed by atoms with Gasteiger partial charge in [-0.3, -0.25) is 4.79 Å². The molecule has 1 aromatic heterocycles. The number of halogens is 1. The van der Waals surface area contributed by atoms with E-state index in [1.54, 1.807) is 6.07 Å². The van der Waals surface area contributed by atoms with Crippen LogP contribution in [-0.4, -0.2) is 35.0 Å². The van der Waals surface area contributed by atoms with Crippen LogP contribution in [0.1, 0.15) is 52.2 Å². The second-order valence-corrected chi connectivity index (χ2v) is 8.97. The van der Waals surface area contributed by atoms with Gasteiger partial charge in [0.1, 0.15) is 4.88 Å². The summed E-state index contributed by atoms with van der Waals surface area (Å²) in [6, 6.07) is 11.4. The van der Waals surface area contributed by atoms with Crippen LogP contribution in [0.3, 0.4) is 0 Å². The zero-order chi connectivity index (χ0) is 19.9. The van der Waals surface area contributed by atoms with Gasteiger partial charge >= 0.3 is 5.97 Å². The standard InChI is InChI=1S/C22H26ClNO3S/c23-18-9-1-5-16(15-18)6-3-13-24(21(25)17-7-2-8-17)14-4-10-19-11-12-20(28-19)22(26)27/h1,5,9,11-12,15,17H,2-4,6-8,10,13-14H2,(H,26,27). The minimum atomic E-state index is -0.876. The largest absolute Gasteiger partial charge is 0.477 e. The summed E-state index contributed by atoms with van der Waals surface area (Å²) in [6.07, 6.45) is 6.66. The predicted molar refractivity (Wildman–Crippen MR) is 113 cm³/mol. The van der Waals surface area contributed by atoms with Crippen LogP contribution in [0, 0.1) is 5.92 Å². The molecule has 1 N–H and O–H groups in total. The smallest absolute Gasteiger partial charge is 0.345 e. The molecule has 1 heterocycles. The highest BCUT2D eigenvalue weighted by molar-refractivity contribution is 7.13. The first kappa shape index (κ1) is 20.9. The van der Waals surface area contributed by atoms with Crippen molar-refractivity contribution in [2.24, 2.45) is 5.92 Å². The van der Waals surface area contributed by atoms with Crippen molar-refractivity contribution in [3.05, 3.63) is 56.7 Å². The van der Waals surface area contributed by atoms with E-state index in [1.165, 1.54) is 16.9 Å². The van der Waals surface area contributed by atoms with E-state index in [4.69, 9.17) is 16.7 Å². The molecule has 0 atom stereocenters. The van der Waals surface area contributed by atoms with Crippen LogP contribution < -0.4 is 0 Å². The van der Waals surface area contributed by atoms with Crippen LogP contribution in [0.4, 0.5) is 0 Å². The van der Waals surface area contributed by atoms with E-state index < -0.39 is 5.97 Å². The van der Waals surface area contributed by atoms with Gasteiger partial charge in [-0.15, -0.1) is 11.3 Å². The summed E-state index contributed by atoms with van der Waals surface area (Å²) in [7, 11) is 0. The highest BCUT2D eigenvalue weighted by Crippen LogP contribution is 2.28. The molecule has 150 valence electrons. The Hall–Kier alpha value is -1.85. The number of carboxylic acid groups (broad SMARTS) is 1. The van der Waals surface area contributed by atoms with E-state index in [1.807, 2.05) is 29.2 Å². The summed E-state index contributed by atoms with van der Waals surface area (Å²) in [4.78, 5) is 27.2. The molecule has 0 saturated heterocycles. The van der Waals surface area contributed by atoms with Gasteiger partial charge in [0.05, 0.1) is 0 Å². The Morgan fingerprint density at radius 3 is 2.46 bits per heavy atom. The molecule has 1 aliphatic carbocycles. The third-order valence-electron chi connectivity index (χ3n) is 5.27. The first-order valence-corrected chi connectivity index (χ1v) is 11.1. The Bertz CT molecular complexity index is 816. The Kier molecular flexibility index (Phi) is 7.51. The van der Waals surface area contributed by atoms with Gasteiger partial charge in [0, 0.05) is 28.9 Å². The minimum absolute atomic E-state index is 0.200. The van der Waals surface area contributed by atoms with Crippen molar-refractivity contribution >= 4 is 34.8 Å². The second kappa shape index (κ2) is 10.1. The monoisotopic (exact) mass is 419 g/mol. The van der Waals surface area contributed by atoms with E-state index in [9.17, 15) is 9.59 Å². The van der Waals surface area contributed by atoms with Crippen molar-refractivity contribution in [2.75, 3.05) is 13.1 Å². The third kappa shape index (κ3) is 5.82. The SMILES string of the molecule is O=C(O)c1ccc(CCCN(CCCc2cccc(Cl)c2)C(=O)C2CCC2)s1. The zero-order valence-electron chi connectivity index (χ0n) is 15.9. The molecule has 1 amide bonds. The van der Waals surface area contributed by atoms with Gasteiger partial charge in [-0.2, -0.15) is 0 Å². The van der Waals surface area contributed by atoms with Gasteiger partial charge in [-0.05, 0) is 68.4 Å². The molecule has 1 aromatic carbocycles. The molecule has 0 unspecified atom stereocenters. The van der Waals surface area contributed by atoms with Gasteiger partial charge < -0.3 is 10.0 Å². The molecule has 28 heavy (non-hydrogen) atoms. The number of carbonyl (C=O) groups is 2. The summed E-state index contributed by atoms with van der Waals surface area (Å²) in [6.45, 7) is 1.48. The maximum absolute atomic E-state index is 12.8. The lowest BCUT2D eigenvalue weighted by atomic mass is 9.84. The first-order chi connectivity index (χ1) is 13.5. The highest BCUT2D eigenvalue weighted by Gasteiger charge is 2.29. The van der Waals surface area contributed by atoms with Crippen LogP contribution in [0.25, 0.3) is 0 Å². The molecule has 3 rings (SSSR count). The van der Waals surface area contributed by atoms with E-state index in [2.05, 4.69) is 6.07 Å². The third-order valence-corrected chi connectivity index (χ3v) is 6.64. The molecule has 4 nitrogen and oxygen atoms in total. The molecule has 0 bridgehead atoms. The van der Waals surface area contributed by atoms with Gasteiger partial charge in [-0.25, -0.2) is 4.79 Å². The molecule has 6 heteroatoms. The Morgan fingerprint density at radius 1 is 1.11 bits per heavy atom.